The number of nitrogens with one attached hydrogen (secondary N) is 3. The number of carbonyl (C=O) groups excluding carboxylic acids is 2. The Balaban J connectivity index is 3.83. The Bertz CT molecular complexity index is 297. The summed E-state index contributed by atoms with van der Waals surface area (Å²) in [4.78, 5) is 22.8. The number of rotatable bonds is 10. The highest BCUT2D eigenvalue weighted by Crippen LogP contribution is 2.07. The molecule has 0 aliphatic carbocycles. The second kappa shape index (κ2) is 10.6. The molecule has 0 rings (SSSR count). The van der Waals surface area contributed by atoms with Crippen molar-refractivity contribution in [1.29, 1.82) is 0 Å². The molecule has 0 fully saturated rings. The van der Waals surface area contributed by atoms with Gasteiger partial charge in [0.15, 0.2) is 0 Å². The number of esters is 1. The van der Waals surface area contributed by atoms with Crippen molar-refractivity contribution in [3.05, 3.63) is 0 Å². The minimum absolute atomic E-state index is 0.0259. The summed E-state index contributed by atoms with van der Waals surface area (Å²) in [5.74, 6) is -0.218. The average molecular weight is 287 g/mol. The summed E-state index contributed by atoms with van der Waals surface area (Å²) in [5.41, 5.74) is 0. The highest BCUT2D eigenvalue weighted by atomic mass is 16.5. The van der Waals surface area contributed by atoms with Crippen molar-refractivity contribution in [2.75, 3.05) is 21.2 Å². The number of likely N-dealkylation sites (N-methyl/N-ethyl adjacent to an activating group) is 2. The van der Waals surface area contributed by atoms with Gasteiger partial charge in [-0.3, -0.25) is 9.59 Å². The predicted molar refractivity (Wildman–Crippen MR) is 79.5 cm³/mol. The van der Waals surface area contributed by atoms with Crippen molar-refractivity contribution in [2.45, 2.75) is 57.7 Å². The summed E-state index contributed by atoms with van der Waals surface area (Å²) in [6.07, 6.45) is 3.76. The van der Waals surface area contributed by atoms with E-state index in [1.807, 2.05) is 6.92 Å². The van der Waals surface area contributed by atoms with Gasteiger partial charge in [0.25, 0.3) is 0 Å². The molecule has 0 saturated heterocycles. The first-order valence-corrected chi connectivity index (χ1v) is 7.19. The smallest absolute Gasteiger partial charge is 0.322 e. The molecule has 3 atom stereocenters. The van der Waals surface area contributed by atoms with E-state index in [9.17, 15) is 9.59 Å². The number of amides is 1. The second-order valence-corrected chi connectivity index (χ2v) is 5.05. The van der Waals surface area contributed by atoms with Gasteiger partial charge in [0, 0.05) is 13.1 Å². The lowest BCUT2D eigenvalue weighted by molar-refractivity contribution is -0.142. The summed E-state index contributed by atoms with van der Waals surface area (Å²) < 4.78 is 4.67. The van der Waals surface area contributed by atoms with Crippen molar-refractivity contribution >= 4 is 11.9 Å². The molecule has 0 saturated carbocycles. The number of hydrogen-bond donors (Lipinski definition) is 3. The molecular formula is C14H29N3O3. The molecule has 6 nitrogen and oxygen atoms in total. The van der Waals surface area contributed by atoms with Crippen LogP contribution in [0.1, 0.15) is 39.5 Å². The zero-order chi connectivity index (χ0) is 15.5. The lowest BCUT2D eigenvalue weighted by atomic mass is 10.0. The second-order valence-electron chi connectivity index (χ2n) is 5.05. The van der Waals surface area contributed by atoms with E-state index in [0.29, 0.717) is 0 Å². The zero-order valence-electron chi connectivity index (χ0n) is 13.3. The van der Waals surface area contributed by atoms with E-state index in [2.05, 4.69) is 20.7 Å². The maximum Gasteiger partial charge on any atom is 0.322 e. The average Bonchev–Trinajstić information content (AvgIpc) is 2.45. The lowest BCUT2D eigenvalue weighted by Crippen LogP contribution is -2.41. The van der Waals surface area contributed by atoms with Crippen LogP contribution < -0.4 is 16.0 Å². The summed E-state index contributed by atoms with van der Waals surface area (Å²) in [6, 6.07) is -0.166. The maximum absolute atomic E-state index is 11.5. The molecule has 118 valence electrons. The Labute approximate surface area is 122 Å². The first kappa shape index (κ1) is 18.9. The Kier molecular flexibility index (Phi) is 10.0. The van der Waals surface area contributed by atoms with Gasteiger partial charge in [-0.1, -0.05) is 12.8 Å². The first-order valence-electron chi connectivity index (χ1n) is 7.19. The fourth-order valence-corrected chi connectivity index (χ4v) is 2.13. The summed E-state index contributed by atoms with van der Waals surface area (Å²) in [7, 11) is 4.83. The van der Waals surface area contributed by atoms with Crippen LogP contribution in [0.15, 0.2) is 0 Å². The quantitative estimate of drug-likeness (QED) is 0.401. The van der Waals surface area contributed by atoms with Gasteiger partial charge >= 0.3 is 5.97 Å². The third-order valence-electron chi connectivity index (χ3n) is 3.38. The van der Waals surface area contributed by atoms with Crippen molar-refractivity contribution in [3.63, 3.8) is 0 Å². The van der Waals surface area contributed by atoms with Crippen molar-refractivity contribution in [2.24, 2.45) is 0 Å². The van der Waals surface area contributed by atoms with E-state index in [1.165, 1.54) is 7.11 Å². The van der Waals surface area contributed by atoms with Crippen LogP contribution in [0, 0.1) is 0 Å². The van der Waals surface area contributed by atoms with Crippen LogP contribution in [0.25, 0.3) is 0 Å². The van der Waals surface area contributed by atoms with E-state index in [-0.39, 0.29) is 30.0 Å². The Hall–Kier alpha value is -1.14. The van der Waals surface area contributed by atoms with E-state index >= 15 is 0 Å². The number of carbonyl (C=O) groups is 2. The first-order chi connectivity index (χ1) is 9.46. The van der Waals surface area contributed by atoms with E-state index in [1.54, 1.807) is 21.0 Å². The summed E-state index contributed by atoms with van der Waals surface area (Å²) in [6.45, 7) is 3.85. The van der Waals surface area contributed by atoms with Gasteiger partial charge in [0.05, 0.1) is 13.2 Å². The van der Waals surface area contributed by atoms with Crippen LogP contribution in [0.4, 0.5) is 0 Å². The molecule has 0 aliphatic heterocycles. The minimum Gasteiger partial charge on any atom is -0.468 e. The Morgan fingerprint density at radius 2 is 1.70 bits per heavy atom. The molecule has 0 heterocycles. The molecule has 0 aromatic rings. The van der Waals surface area contributed by atoms with Crippen LogP contribution in [0.3, 0.4) is 0 Å². The highest BCUT2D eigenvalue weighted by Gasteiger charge is 2.16. The van der Waals surface area contributed by atoms with Gasteiger partial charge in [-0.2, -0.15) is 0 Å². The molecule has 0 aliphatic rings. The van der Waals surface area contributed by atoms with Gasteiger partial charge in [-0.25, -0.2) is 0 Å². The fourth-order valence-electron chi connectivity index (χ4n) is 2.13. The number of unbranched alkanes of at least 4 members (excludes halogenated alkanes) is 1. The van der Waals surface area contributed by atoms with Gasteiger partial charge in [0.1, 0.15) is 6.04 Å². The fraction of sp³-hybridized carbons (Fsp3) is 0.857. The summed E-state index contributed by atoms with van der Waals surface area (Å²) in [5, 5.41) is 8.85. The monoisotopic (exact) mass is 287 g/mol. The molecule has 0 aromatic carbocycles. The molecular weight excluding hydrogens is 258 g/mol. The third-order valence-corrected chi connectivity index (χ3v) is 3.38. The lowest BCUT2D eigenvalue weighted by Gasteiger charge is -2.19. The maximum atomic E-state index is 11.5. The zero-order valence-corrected chi connectivity index (χ0v) is 13.3. The molecule has 6 heteroatoms. The van der Waals surface area contributed by atoms with E-state index in [0.717, 1.165) is 25.7 Å². The predicted octanol–water partition coefficient (Wildman–Crippen LogP) is 0.420. The van der Waals surface area contributed by atoms with E-state index in [4.69, 9.17) is 0 Å². The van der Waals surface area contributed by atoms with Gasteiger partial charge in [-0.15, -0.1) is 0 Å². The third kappa shape index (κ3) is 7.45. The molecule has 0 spiro atoms. The van der Waals surface area contributed by atoms with Gasteiger partial charge in [-0.05, 0) is 33.7 Å². The molecule has 3 unspecified atom stereocenters. The molecule has 3 N–H and O–H groups in total. The molecule has 1 amide bonds. The van der Waals surface area contributed by atoms with Crippen LogP contribution in [0.5, 0.6) is 0 Å². The topological polar surface area (TPSA) is 79.5 Å². The number of ether oxygens (including phenoxy) is 1. The number of methoxy groups -OCH3 is 1. The summed E-state index contributed by atoms with van der Waals surface area (Å²) >= 11 is 0. The molecule has 0 radical (unpaired) electrons. The van der Waals surface area contributed by atoms with Gasteiger partial charge in [0.2, 0.25) is 5.91 Å². The van der Waals surface area contributed by atoms with Crippen LogP contribution in [0.2, 0.25) is 0 Å². The standard InChI is InChI=1S/C14H29N3O3/c1-10(17-11(2)14(19)20-5)8-6-7-9-12(15-3)13(18)16-4/h10-12,15,17H,6-9H2,1-5H3,(H,16,18). The van der Waals surface area contributed by atoms with Crippen molar-refractivity contribution in [3.8, 4) is 0 Å². The van der Waals surface area contributed by atoms with Gasteiger partial charge < -0.3 is 20.7 Å². The Morgan fingerprint density at radius 1 is 1.10 bits per heavy atom. The minimum atomic E-state index is -0.286. The molecule has 0 bridgehead atoms. The normalized spacial score (nSPS) is 15.2. The van der Waals surface area contributed by atoms with Crippen LogP contribution >= 0.6 is 0 Å². The highest BCUT2D eigenvalue weighted by molar-refractivity contribution is 5.81. The van der Waals surface area contributed by atoms with Crippen LogP contribution in [-0.2, 0) is 14.3 Å². The van der Waals surface area contributed by atoms with Crippen molar-refractivity contribution in [1.82, 2.24) is 16.0 Å². The molecule has 20 heavy (non-hydrogen) atoms. The Morgan fingerprint density at radius 3 is 2.20 bits per heavy atom. The SMILES string of the molecule is CNC(=O)C(CCCCC(C)NC(C)C(=O)OC)NC. The van der Waals surface area contributed by atoms with Crippen LogP contribution in [-0.4, -0.2) is 51.2 Å². The number of hydrogen-bond acceptors (Lipinski definition) is 5. The van der Waals surface area contributed by atoms with E-state index < -0.39 is 0 Å². The van der Waals surface area contributed by atoms with Crippen molar-refractivity contribution < 1.29 is 14.3 Å². The largest absolute Gasteiger partial charge is 0.468 e. The molecule has 0 aromatic heterocycles.